The lowest BCUT2D eigenvalue weighted by Gasteiger charge is -2.23. The summed E-state index contributed by atoms with van der Waals surface area (Å²) < 4.78 is 1.16. The minimum atomic E-state index is -0.257. The lowest BCUT2D eigenvalue weighted by molar-refractivity contribution is -0.129. The number of fused-ring (bicyclic) bond motifs is 1. The van der Waals surface area contributed by atoms with Crippen molar-refractivity contribution in [2.45, 2.75) is 38.1 Å². The molecule has 3 aromatic rings. The number of hydrogen-bond donors (Lipinski definition) is 1. The molecule has 0 radical (unpaired) electrons. The van der Waals surface area contributed by atoms with Crippen LogP contribution in [-0.2, 0) is 9.59 Å². The second-order valence-corrected chi connectivity index (χ2v) is 8.97. The number of para-hydroxylation sites is 1. The first-order valence-corrected chi connectivity index (χ1v) is 11.1. The Kier molecular flexibility index (Phi) is 4.79. The number of carbonyl (C=O) groups is 2. The molecule has 2 heterocycles. The van der Waals surface area contributed by atoms with Gasteiger partial charge < -0.3 is 10.2 Å². The normalized spacial score (nSPS) is 19.9. The van der Waals surface area contributed by atoms with Crippen molar-refractivity contribution in [2.75, 3.05) is 11.9 Å². The summed E-state index contributed by atoms with van der Waals surface area (Å²) in [6.45, 7) is 0.555. The summed E-state index contributed by atoms with van der Waals surface area (Å²) in [5.74, 6) is -0.193. The first-order chi connectivity index (χ1) is 14.2. The lowest BCUT2D eigenvalue weighted by Crippen LogP contribution is -2.35. The largest absolute Gasteiger partial charge is 0.339 e. The second kappa shape index (κ2) is 7.59. The van der Waals surface area contributed by atoms with E-state index in [0.29, 0.717) is 19.0 Å². The topological polar surface area (TPSA) is 62.3 Å². The van der Waals surface area contributed by atoms with E-state index in [4.69, 9.17) is 0 Å². The Balaban J connectivity index is 1.25. The molecule has 5 rings (SSSR count). The molecule has 6 heteroatoms. The van der Waals surface area contributed by atoms with E-state index in [1.165, 1.54) is 12.8 Å². The molecular formula is C23H23N3O2S. The summed E-state index contributed by atoms with van der Waals surface area (Å²) in [5, 5.41) is 3.96. The molecule has 1 saturated carbocycles. The number of carbonyl (C=O) groups excluding carboxylic acids is 2. The lowest BCUT2D eigenvalue weighted by atomic mass is 10.1. The number of hydrogen-bond acceptors (Lipinski definition) is 4. The van der Waals surface area contributed by atoms with Crippen molar-refractivity contribution in [1.82, 2.24) is 9.88 Å². The molecule has 1 saturated heterocycles. The number of nitrogens with one attached hydrogen (secondary N) is 1. The van der Waals surface area contributed by atoms with Crippen LogP contribution in [0.2, 0.25) is 0 Å². The van der Waals surface area contributed by atoms with Crippen molar-refractivity contribution in [2.24, 2.45) is 5.92 Å². The van der Waals surface area contributed by atoms with Crippen LogP contribution in [0.15, 0.2) is 48.5 Å². The van der Waals surface area contributed by atoms with E-state index < -0.39 is 0 Å². The monoisotopic (exact) mass is 405 g/mol. The zero-order chi connectivity index (χ0) is 19.8. The molecule has 5 nitrogen and oxygen atoms in total. The third-order valence-electron chi connectivity index (χ3n) is 5.99. The minimum absolute atomic E-state index is 0.0633. The van der Waals surface area contributed by atoms with E-state index in [1.807, 2.05) is 47.4 Å². The zero-order valence-electron chi connectivity index (χ0n) is 16.1. The Hall–Kier alpha value is -2.73. The van der Waals surface area contributed by atoms with Crippen molar-refractivity contribution in [3.8, 4) is 10.6 Å². The summed E-state index contributed by atoms with van der Waals surface area (Å²) in [5.41, 5.74) is 2.79. The first-order valence-electron chi connectivity index (χ1n) is 10.2. The van der Waals surface area contributed by atoms with Crippen molar-refractivity contribution >= 4 is 39.1 Å². The fourth-order valence-electron chi connectivity index (χ4n) is 4.41. The number of thiazole rings is 1. The molecule has 2 aromatic carbocycles. The molecule has 1 aromatic heterocycles. The zero-order valence-corrected chi connectivity index (χ0v) is 17.0. The van der Waals surface area contributed by atoms with Gasteiger partial charge in [-0.1, -0.05) is 25.0 Å². The van der Waals surface area contributed by atoms with E-state index in [0.717, 1.165) is 39.3 Å². The van der Waals surface area contributed by atoms with E-state index in [1.54, 1.807) is 11.3 Å². The van der Waals surface area contributed by atoms with Crippen LogP contribution in [0.1, 0.15) is 32.1 Å². The summed E-state index contributed by atoms with van der Waals surface area (Å²) in [7, 11) is 0. The standard InChI is InChI=1S/C23H23N3O2S/c27-21-13-16(14-26(21)18-5-1-2-6-18)22(28)24-17-11-9-15(10-12-17)23-25-19-7-3-4-8-20(19)29-23/h3-4,7-12,16,18H,1-2,5-6,13-14H2,(H,24,28). The Labute approximate surface area is 173 Å². The van der Waals surface area contributed by atoms with Gasteiger partial charge in [0.2, 0.25) is 11.8 Å². The van der Waals surface area contributed by atoms with Crippen LogP contribution in [0.4, 0.5) is 5.69 Å². The number of aromatic nitrogens is 1. The number of benzene rings is 2. The number of likely N-dealkylation sites (tertiary alicyclic amines) is 1. The fourth-order valence-corrected chi connectivity index (χ4v) is 5.38. The number of rotatable bonds is 4. The fraction of sp³-hybridized carbons (Fsp3) is 0.348. The maximum Gasteiger partial charge on any atom is 0.229 e. The Bertz CT molecular complexity index is 1020. The molecule has 1 aliphatic heterocycles. The molecule has 1 unspecified atom stereocenters. The van der Waals surface area contributed by atoms with Gasteiger partial charge in [0, 0.05) is 30.3 Å². The van der Waals surface area contributed by atoms with Gasteiger partial charge in [-0.05, 0) is 49.2 Å². The van der Waals surface area contributed by atoms with Crippen molar-refractivity contribution in [1.29, 1.82) is 0 Å². The molecule has 1 atom stereocenters. The molecule has 29 heavy (non-hydrogen) atoms. The van der Waals surface area contributed by atoms with Gasteiger partial charge in [-0.3, -0.25) is 9.59 Å². The first kappa shape index (κ1) is 18.3. The molecule has 2 fully saturated rings. The molecule has 2 amide bonds. The second-order valence-electron chi connectivity index (χ2n) is 7.94. The Morgan fingerprint density at radius 3 is 2.59 bits per heavy atom. The molecule has 0 bridgehead atoms. The van der Waals surface area contributed by atoms with Gasteiger partial charge in [-0.15, -0.1) is 11.3 Å². The molecule has 148 valence electrons. The van der Waals surface area contributed by atoms with Gasteiger partial charge in [0.1, 0.15) is 5.01 Å². The molecule has 1 aliphatic carbocycles. The van der Waals surface area contributed by atoms with E-state index in [9.17, 15) is 9.59 Å². The van der Waals surface area contributed by atoms with Gasteiger partial charge in [0.05, 0.1) is 16.1 Å². The van der Waals surface area contributed by atoms with Crippen molar-refractivity contribution < 1.29 is 9.59 Å². The quantitative estimate of drug-likeness (QED) is 0.685. The number of amides is 2. The highest BCUT2D eigenvalue weighted by atomic mass is 32.1. The van der Waals surface area contributed by atoms with Gasteiger partial charge in [-0.2, -0.15) is 0 Å². The third-order valence-corrected chi connectivity index (χ3v) is 7.07. The Morgan fingerprint density at radius 2 is 1.83 bits per heavy atom. The van der Waals surface area contributed by atoms with Crippen LogP contribution in [0.3, 0.4) is 0 Å². The van der Waals surface area contributed by atoms with Crippen molar-refractivity contribution in [3.05, 3.63) is 48.5 Å². The molecule has 0 spiro atoms. The molecular weight excluding hydrogens is 382 g/mol. The predicted molar refractivity (Wildman–Crippen MR) is 116 cm³/mol. The van der Waals surface area contributed by atoms with Crippen LogP contribution in [0.5, 0.6) is 0 Å². The highest BCUT2D eigenvalue weighted by Crippen LogP contribution is 2.32. The predicted octanol–water partition coefficient (Wildman–Crippen LogP) is 4.69. The summed E-state index contributed by atoms with van der Waals surface area (Å²) >= 11 is 1.66. The maximum absolute atomic E-state index is 12.7. The molecule has 2 aliphatic rings. The number of nitrogens with zero attached hydrogens (tertiary/aromatic N) is 2. The maximum atomic E-state index is 12.7. The summed E-state index contributed by atoms with van der Waals surface area (Å²) in [4.78, 5) is 31.7. The summed E-state index contributed by atoms with van der Waals surface area (Å²) in [6, 6.07) is 16.2. The average Bonchev–Trinajstić information content (AvgIpc) is 3.47. The van der Waals surface area contributed by atoms with Gasteiger partial charge in [-0.25, -0.2) is 4.98 Å². The number of anilines is 1. The minimum Gasteiger partial charge on any atom is -0.339 e. The average molecular weight is 406 g/mol. The highest BCUT2D eigenvalue weighted by Gasteiger charge is 2.38. The van der Waals surface area contributed by atoms with Crippen LogP contribution < -0.4 is 5.32 Å². The third kappa shape index (κ3) is 3.65. The van der Waals surface area contributed by atoms with E-state index >= 15 is 0 Å². The van der Waals surface area contributed by atoms with Crippen LogP contribution >= 0.6 is 11.3 Å². The van der Waals surface area contributed by atoms with Crippen LogP contribution in [0.25, 0.3) is 20.8 Å². The van der Waals surface area contributed by atoms with Gasteiger partial charge >= 0.3 is 0 Å². The summed E-state index contributed by atoms with van der Waals surface area (Å²) in [6.07, 6.45) is 4.85. The van der Waals surface area contributed by atoms with Crippen molar-refractivity contribution in [3.63, 3.8) is 0 Å². The Morgan fingerprint density at radius 1 is 1.07 bits per heavy atom. The smallest absolute Gasteiger partial charge is 0.229 e. The highest BCUT2D eigenvalue weighted by molar-refractivity contribution is 7.21. The van der Waals surface area contributed by atoms with E-state index in [-0.39, 0.29) is 17.7 Å². The SMILES string of the molecule is O=C(Nc1ccc(-c2nc3ccccc3s2)cc1)C1CC(=O)N(C2CCCC2)C1. The van der Waals surface area contributed by atoms with Gasteiger partial charge in [0.25, 0.3) is 0 Å². The van der Waals surface area contributed by atoms with Gasteiger partial charge in [0.15, 0.2) is 0 Å². The van der Waals surface area contributed by atoms with Crippen LogP contribution in [-0.4, -0.2) is 34.3 Å². The van der Waals surface area contributed by atoms with Crippen LogP contribution in [0, 0.1) is 5.92 Å². The molecule has 1 N–H and O–H groups in total. The van der Waals surface area contributed by atoms with E-state index in [2.05, 4.69) is 16.4 Å².